The summed E-state index contributed by atoms with van der Waals surface area (Å²) >= 11 is 0. The molecule has 0 atom stereocenters. The zero-order chi connectivity index (χ0) is 21.8. The summed E-state index contributed by atoms with van der Waals surface area (Å²) < 4.78 is 21.5. The molecular formula is C25H20O6. The molecule has 6 nitrogen and oxygen atoms in total. The Balaban J connectivity index is 1.63. The molecule has 0 bridgehead atoms. The second-order valence-electron chi connectivity index (χ2n) is 6.85. The van der Waals surface area contributed by atoms with Crippen LogP contribution in [0.3, 0.4) is 0 Å². The maximum atomic E-state index is 12.7. The minimum absolute atomic E-state index is 0.152. The van der Waals surface area contributed by atoms with E-state index in [1.54, 1.807) is 43.5 Å². The molecule has 6 heteroatoms. The second kappa shape index (κ2) is 8.75. The molecule has 0 saturated carbocycles. The van der Waals surface area contributed by atoms with Crippen LogP contribution in [-0.2, 0) is 11.2 Å². The van der Waals surface area contributed by atoms with Gasteiger partial charge in [-0.3, -0.25) is 4.79 Å². The van der Waals surface area contributed by atoms with Crippen LogP contribution >= 0.6 is 0 Å². The van der Waals surface area contributed by atoms with Gasteiger partial charge in [0.25, 0.3) is 0 Å². The van der Waals surface area contributed by atoms with Gasteiger partial charge in [0, 0.05) is 23.1 Å². The van der Waals surface area contributed by atoms with Gasteiger partial charge in [0.05, 0.1) is 26.2 Å². The first-order valence-electron chi connectivity index (χ1n) is 9.62. The quantitative estimate of drug-likeness (QED) is 0.259. The van der Waals surface area contributed by atoms with Crippen LogP contribution in [0.25, 0.3) is 22.1 Å². The molecule has 0 spiro atoms. The SMILES string of the molecule is COc1ccc(-c2cc3ccc(OC(=O)Cc4ccccc4)cc3oc2=O)c(OC)c1. The van der Waals surface area contributed by atoms with Crippen molar-refractivity contribution in [1.82, 2.24) is 0 Å². The Bertz CT molecular complexity index is 1290. The first-order chi connectivity index (χ1) is 15.1. The second-order valence-corrected chi connectivity index (χ2v) is 6.85. The fourth-order valence-electron chi connectivity index (χ4n) is 3.29. The number of fused-ring (bicyclic) bond motifs is 1. The number of rotatable bonds is 6. The van der Waals surface area contributed by atoms with E-state index in [4.69, 9.17) is 18.6 Å². The smallest absolute Gasteiger partial charge is 0.344 e. The highest BCUT2D eigenvalue weighted by Crippen LogP contribution is 2.33. The molecule has 0 saturated heterocycles. The van der Waals surface area contributed by atoms with Crippen LogP contribution in [0.1, 0.15) is 5.56 Å². The Labute approximate surface area is 178 Å². The van der Waals surface area contributed by atoms with Crippen LogP contribution in [0, 0.1) is 0 Å². The maximum absolute atomic E-state index is 12.7. The van der Waals surface area contributed by atoms with Gasteiger partial charge in [-0.1, -0.05) is 30.3 Å². The Morgan fingerprint density at radius 1 is 0.839 bits per heavy atom. The summed E-state index contributed by atoms with van der Waals surface area (Å²) in [5.41, 5.74) is 1.62. The molecule has 156 valence electrons. The predicted octanol–water partition coefficient (Wildman–Crippen LogP) is 4.63. The summed E-state index contributed by atoms with van der Waals surface area (Å²) in [6.45, 7) is 0. The minimum atomic E-state index is -0.524. The molecule has 3 aromatic carbocycles. The van der Waals surface area contributed by atoms with Crippen molar-refractivity contribution in [2.45, 2.75) is 6.42 Å². The normalized spacial score (nSPS) is 10.6. The number of benzene rings is 3. The number of esters is 1. The van der Waals surface area contributed by atoms with Crippen LogP contribution in [0.15, 0.2) is 82.0 Å². The topological polar surface area (TPSA) is 75.0 Å². The number of hydrogen-bond acceptors (Lipinski definition) is 6. The number of methoxy groups -OCH3 is 2. The molecule has 31 heavy (non-hydrogen) atoms. The number of carbonyl (C=O) groups excluding carboxylic acids is 1. The molecule has 4 rings (SSSR count). The van der Waals surface area contributed by atoms with E-state index < -0.39 is 11.6 Å². The number of hydrogen-bond donors (Lipinski definition) is 0. The molecule has 0 fully saturated rings. The predicted molar refractivity (Wildman–Crippen MR) is 117 cm³/mol. The lowest BCUT2D eigenvalue weighted by Gasteiger charge is -2.10. The molecule has 4 aromatic rings. The molecule has 0 unspecified atom stereocenters. The maximum Gasteiger partial charge on any atom is 0.344 e. The molecule has 0 aliphatic rings. The standard InChI is InChI=1S/C25H20O6/c1-28-18-10-11-20(23(14-18)29-2)21-13-17-8-9-19(15-22(17)31-25(21)27)30-24(26)12-16-6-4-3-5-7-16/h3-11,13-15H,12H2,1-2H3. The Kier molecular flexibility index (Phi) is 5.71. The Hall–Kier alpha value is -4.06. The summed E-state index contributed by atoms with van der Waals surface area (Å²) in [5, 5.41) is 0.690. The fraction of sp³-hybridized carbons (Fsp3) is 0.120. The molecule has 0 N–H and O–H groups in total. The van der Waals surface area contributed by atoms with E-state index in [0.29, 0.717) is 39.3 Å². The molecule has 1 aromatic heterocycles. The van der Waals surface area contributed by atoms with E-state index in [1.165, 1.54) is 13.2 Å². The highest BCUT2D eigenvalue weighted by molar-refractivity contribution is 5.85. The van der Waals surface area contributed by atoms with Crippen molar-refractivity contribution in [3.05, 3.63) is 88.8 Å². The molecule has 0 aliphatic carbocycles. The lowest BCUT2D eigenvalue weighted by Crippen LogP contribution is -2.11. The van der Waals surface area contributed by atoms with Gasteiger partial charge >= 0.3 is 11.6 Å². The summed E-state index contributed by atoms with van der Waals surface area (Å²) in [7, 11) is 3.08. The first-order valence-corrected chi connectivity index (χ1v) is 9.62. The van der Waals surface area contributed by atoms with Crippen LogP contribution in [-0.4, -0.2) is 20.2 Å². The van der Waals surface area contributed by atoms with Gasteiger partial charge in [0.15, 0.2) is 0 Å². The van der Waals surface area contributed by atoms with Crippen LogP contribution in [0.4, 0.5) is 0 Å². The van der Waals surface area contributed by atoms with Crippen LogP contribution in [0.5, 0.6) is 17.2 Å². The Morgan fingerprint density at radius 3 is 2.35 bits per heavy atom. The summed E-state index contributed by atoms with van der Waals surface area (Å²) in [6.07, 6.45) is 0.152. The van der Waals surface area contributed by atoms with E-state index in [9.17, 15) is 9.59 Å². The van der Waals surface area contributed by atoms with Gasteiger partial charge in [-0.15, -0.1) is 0 Å². The van der Waals surface area contributed by atoms with E-state index in [-0.39, 0.29) is 6.42 Å². The molecule has 1 heterocycles. The van der Waals surface area contributed by atoms with E-state index in [2.05, 4.69) is 0 Å². The van der Waals surface area contributed by atoms with Crippen molar-refractivity contribution in [2.24, 2.45) is 0 Å². The molecule has 0 amide bonds. The van der Waals surface area contributed by atoms with Gasteiger partial charge in [-0.05, 0) is 35.9 Å². The zero-order valence-electron chi connectivity index (χ0n) is 17.1. The average Bonchev–Trinajstić information content (AvgIpc) is 2.78. The summed E-state index contributed by atoms with van der Waals surface area (Å²) in [4.78, 5) is 24.9. The van der Waals surface area contributed by atoms with Crippen molar-refractivity contribution in [3.8, 4) is 28.4 Å². The van der Waals surface area contributed by atoms with Gasteiger partial charge in [-0.25, -0.2) is 4.79 Å². The first kappa shape index (κ1) is 20.2. The summed E-state index contributed by atoms with van der Waals surface area (Å²) in [5.74, 6) is 1.03. The monoisotopic (exact) mass is 416 g/mol. The molecule has 0 aliphatic heterocycles. The Morgan fingerprint density at radius 2 is 1.61 bits per heavy atom. The molecule has 0 radical (unpaired) electrons. The van der Waals surface area contributed by atoms with E-state index >= 15 is 0 Å². The van der Waals surface area contributed by atoms with Crippen LogP contribution < -0.4 is 19.8 Å². The fourth-order valence-corrected chi connectivity index (χ4v) is 3.29. The van der Waals surface area contributed by atoms with E-state index in [0.717, 1.165) is 5.56 Å². The van der Waals surface area contributed by atoms with Gasteiger partial charge in [0.2, 0.25) is 0 Å². The van der Waals surface area contributed by atoms with E-state index in [1.807, 2.05) is 30.3 Å². The molecular weight excluding hydrogens is 396 g/mol. The van der Waals surface area contributed by atoms with Crippen molar-refractivity contribution in [2.75, 3.05) is 14.2 Å². The third kappa shape index (κ3) is 4.43. The van der Waals surface area contributed by atoms with Gasteiger partial charge in [-0.2, -0.15) is 0 Å². The highest BCUT2D eigenvalue weighted by Gasteiger charge is 2.15. The lowest BCUT2D eigenvalue weighted by atomic mass is 10.0. The lowest BCUT2D eigenvalue weighted by molar-refractivity contribution is -0.133. The van der Waals surface area contributed by atoms with Crippen LogP contribution in [0.2, 0.25) is 0 Å². The van der Waals surface area contributed by atoms with Crippen molar-refractivity contribution in [1.29, 1.82) is 0 Å². The van der Waals surface area contributed by atoms with Crippen molar-refractivity contribution < 1.29 is 23.4 Å². The highest BCUT2D eigenvalue weighted by atomic mass is 16.5. The largest absolute Gasteiger partial charge is 0.497 e. The summed E-state index contributed by atoms with van der Waals surface area (Å²) in [6, 6.07) is 21.2. The van der Waals surface area contributed by atoms with Gasteiger partial charge in [0.1, 0.15) is 22.8 Å². The number of carbonyl (C=O) groups is 1. The average molecular weight is 416 g/mol. The zero-order valence-corrected chi connectivity index (χ0v) is 17.1. The van der Waals surface area contributed by atoms with Gasteiger partial charge < -0.3 is 18.6 Å². The third-order valence-corrected chi connectivity index (χ3v) is 4.83. The van der Waals surface area contributed by atoms with Crippen molar-refractivity contribution >= 4 is 16.9 Å². The van der Waals surface area contributed by atoms with Crippen molar-refractivity contribution in [3.63, 3.8) is 0 Å². The minimum Gasteiger partial charge on any atom is -0.497 e. The third-order valence-electron chi connectivity index (χ3n) is 4.83. The number of ether oxygens (including phenoxy) is 3.